The first-order chi connectivity index (χ1) is 21.7. The number of para-hydroxylation sites is 1. The van der Waals surface area contributed by atoms with Crippen LogP contribution in [-0.4, -0.2) is 42.6 Å². The van der Waals surface area contributed by atoms with Gasteiger partial charge in [0, 0.05) is 31.0 Å². The zero-order valence-electron chi connectivity index (χ0n) is 26.2. The molecule has 3 aromatic carbocycles. The van der Waals surface area contributed by atoms with Crippen LogP contribution in [0.5, 0.6) is 0 Å². The zero-order chi connectivity index (χ0) is 32.0. The van der Waals surface area contributed by atoms with Gasteiger partial charge in [-0.15, -0.1) is 12.4 Å². The third-order valence-corrected chi connectivity index (χ3v) is 8.52. The normalized spacial score (nSPS) is 20.4. The van der Waals surface area contributed by atoms with Gasteiger partial charge in [0.2, 0.25) is 17.7 Å². The summed E-state index contributed by atoms with van der Waals surface area (Å²) in [5.74, 6) is -1.84. The number of aryl methyl sites for hydroxylation is 1. The average Bonchev–Trinajstić information content (AvgIpc) is 3.45. The van der Waals surface area contributed by atoms with Crippen LogP contribution in [0.4, 0.5) is 10.1 Å². The quantitative estimate of drug-likeness (QED) is 0.258. The molecule has 0 saturated carbocycles. The Morgan fingerprint density at radius 1 is 1.04 bits per heavy atom. The largest absolute Gasteiger partial charge is 0.350 e. The zero-order valence-corrected chi connectivity index (χ0v) is 27.0. The molecule has 0 fully saturated rings. The molecule has 1 aliphatic carbocycles. The first kappa shape index (κ1) is 34.6. The number of hydrogen-bond donors (Lipinski definition) is 3. The molecule has 8 nitrogen and oxygen atoms in total. The van der Waals surface area contributed by atoms with Crippen LogP contribution in [0.3, 0.4) is 0 Å². The Labute approximate surface area is 275 Å². The van der Waals surface area contributed by atoms with Crippen LogP contribution in [0.15, 0.2) is 97.1 Å². The number of hydrogen-bond acceptors (Lipinski definition) is 5. The van der Waals surface area contributed by atoms with E-state index in [4.69, 9.17) is 4.74 Å². The molecular weight excluding hydrogens is 607 g/mol. The maximum absolute atomic E-state index is 14.3. The maximum atomic E-state index is 14.3. The standard InChI is InChI=1S/C36H39FN4O4.ClH/c1-24-16-17-30(37)19-28(24)22-39-35(44)32-20-27-13-7-8-15-31(27)41(32)33(42)21-29-14-9-10-18-36(29,40-34(43)25(2)38-3)45-23-26-11-5-4-6-12-26;/h4-19,25,29,32,38H,20-23H2,1-3H3,(H,39,44)(H,40,43);1H/t25?,29-,32+,36?;/m1./s1. The Hall–Kier alpha value is -4.31. The van der Waals surface area contributed by atoms with E-state index in [2.05, 4.69) is 16.0 Å². The lowest BCUT2D eigenvalue weighted by molar-refractivity contribution is -0.139. The minimum absolute atomic E-state index is 0. The second kappa shape index (κ2) is 15.3. The van der Waals surface area contributed by atoms with Gasteiger partial charge in [-0.1, -0.05) is 72.8 Å². The van der Waals surface area contributed by atoms with E-state index >= 15 is 0 Å². The van der Waals surface area contributed by atoms with Gasteiger partial charge >= 0.3 is 0 Å². The summed E-state index contributed by atoms with van der Waals surface area (Å²) >= 11 is 0. The number of anilines is 1. The van der Waals surface area contributed by atoms with E-state index in [0.717, 1.165) is 16.7 Å². The number of fused-ring (bicyclic) bond motifs is 1. The molecule has 3 N–H and O–H groups in total. The third-order valence-electron chi connectivity index (χ3n) is 8.52. The first-order valence-electron chi connectivity index (χ1n) is 15.2. The predicted octanol–water partition coefficient (Wildman–Crippen LogP) is 4.90. The smallest absolute Gasteiger partial charge is 0.243 e. The molecule has 46 heavy (non-hydrogen) atoms. The van der Waals surface area contributed by atoms with Crippen molar-refractivity contribution in [2.45, 2.75) is 57.6 Å². The van der Waals surface area contributed by atoms with E-state index < -0.39 is 23.7 Å². The van der Waals surface area contributed by atoms with E-state index in [-0.39, 0.29) is 55.5 Å². The fraction of sp³-hybridized carbons (Fsp3) is 0.306. The summed E-state index contributed by atoms with van der Waals surface area (Å²) in [5, 5.41) is 8.93. The van der Waals surface area contributed by atoms with Crippen molar-refractivity contribution in [2.75, 3.05) is 11.9 Å². The molecule has 1 heterocycles. The highest BCUT2D eigenvalue weighted by Crippen LogP contribution is 2.36. The van der Waals surface area contributed by atoms with E-state index in [9.17, 15) is 18.8 Å². The van der Waals surface area contributed by atoms with Crippen molar-refractivity contribution < 1.29 is 23.5 Å². The number of benzene rings is 3. The van der Waals surface area contributed by atoms with Crippen LogP contribution in [-0.2, 0) is 38.7 Å². The van der Waals surface area contributed by atoms with Crippen molar-refractivity contribution in [1.82, 2.24) is 16.0 Å². The van der Waals surface area contributed by atoms with Crippen LogP contribution in [0.1, 0.15) is 35.6 Å². The summed E-state index contributed by atoms with van der Waals surface area (Å²) in [6.45, 7) is 3.95. The van der Waals surface area contributed by atoms with Gasteiger partial charge in [0.25, 0.3) is 0 Å². The van der Waals surface area contributed by atoms with Gasteiger partial charge in [0.05, 0.1) is 12.6 Å². The summed E-state index contributed by atoms with van der Waals surface area (Å²) < 4.78 is 20.4. The highest BCUT2D eigenvalue weighted by Gasteiger charge is 2.44. The van der Waals surface area contributed by atoms with Crippen molar-refractivity contribution in [3.63, 3.8) is 0 Å². The minimum atomic E-state index is -1.31. The lowest BCUT2D eigenvalue weighted by atomic mass is 9.86. The number of allylic oxidation sites excluding steroid dienone is 2. The Bertz CT molecular complexity index is 1610. The van der Waals surface area contributed by atoms with E-state index in [0.29, 0.717) is 17.7 Å². The molecule has 1 aliphatic heterocycles. The third kappa shape index (κ3) is 7.73. The topological polar surface area (TPSA) is 99.8 Å². The molecule has 3 aromatic rings. The van der Waals surface area contributed by atoms with Crippen LogP contribution >= 0.6 is 12.4 Å². The lowest BCUT2D eigenvalue weighted by Crippen LogP contribution is -2.59. The lowest BCUT2D eigenvalue weighted by Gasteiger charge is -2.40. The van der Waals surface area contributed by atoms with E-state index in [1.807, 2.05) is 73.7 Å². The maximum Gasteiger partial charge on any atom is 0.243 e. The molecule has 2 unspecified atom stereocenters. The predicted molar refractivity (Wildman–Crippen MR) is 179 cm³/mol. The molecule has 0 aromatic heterocycles. The fourth-order valence-electron chi connectivity index (χ4n) is 5.74. The molecule has 5 rings (SSSR count). The van der Waals surface area contributed by atoms with Gasteiger partial charge in [-0.25, -0.2) is 4.39 Å². The Morgan fingerprint density at radius 2 is 1.78 bits per heavy atom. The summed E-state index contributed by atoms with van der Waals surface area (Å²) in [5.41, 5.74) is 2.69. The molecule has 0 bridgehead atoms. The van der Waals surface area contributed by atoms with Crippen molar-refractivity contribution >= 4 is 35.8 Å². The molecule has 0 saturated heterocycles. The monoisotopic (exact) mass is 646 g/mol. The summed E-state index contributed by atoms with van der Waals surface area (Å²) in [4.78, 5) is 42.6. The number of ether oxygens (including phenoxy) is 1. The number of amides is 3. The number of rotatable bonds is 11. The second-order valence-electron chi connectivity index (χ2n) is 11.5. The Kier molecular flexibility index (Phi) is 11.5. The Balaban J connectivity index is 0.00000480. The molecule has 10 heteroatoms. The van der Waals surface area contributed by atoms with Gasteiger partial charge in [-0.3, -0.25) is 19.3 Å². The molecule has 3 amide bonds. The number of carbonyl (C=O) groups is 3. The second-order valence-corrected chi connectivity index (χ2v) is 11.5. The minimum Gasteiger partial charge on any atom is -0.350 e. The summed E-state index contributed by atoms with van der Waals surface area (Å²) in [6.07, 6.45) is 7.58. The number of nitrogens with one attached hydrogen (secondary N) is 3. The van der Waals surface area contributed by atoms with Crippen LogP contribution in [0.25, 0.3) is 0 Å². The number of carbonyl (C=O) groups excluding carboxylic acids is 3. The molecule has 4 atom stereocenters. The van der Waals surface area contributed by atoms with Crippen LogP contribution in [0.2, 0.25) is 0 Å². The van der Waals surface area contributed by atoms with E-state index in [1.165, 1.54) is 12.1 Å². The first-order valence-corrected chi connectivity index (χ1v) is 15.2. The Morgan fingerprint density at radius 3 is 2.54 bits per heavy atom. The van der Waals surface area contributed by atoms with Crippen molar-refractivity contribution in [1.29, 1.82) is 0 Å². The van der Waals surface area contributed by atoms with Gasteiger partial charge in [0.15, 0.2) is 5.72 Å². The van der Waals surface area contributed by atoms with E-state index in [1.54, 1.807) is 37.1 Å². The van der Waals surface area contributed by atoms with Gasteiger partial charge < -0.3 is 20.7 Å². The molecule has 242 valence electrons. The van der Waals surface area contributed by atoms with Gasteiger partial charge in [-0.2, -0.15) is 0 Å². The molecular formula is C36H40ClFN4O4. The average molecular weight is 647 g/mol. The number of nitrogens with zero attached hydrogens (tertiary/aromatic N) is 1. The highest BCUT2D eigenvalue weighted by atomic mass is 35.5. The SMILES string of the molecule is CNC(C)C(=O)NC1(OCc2ccccc2)C=CC=C[C@@H]1CC(=O)N1c2ccccc2C[C@H]1C(=O)NCc1cc(F)ccc1C.Cl. The van der Waals surface area contributed by atoms with Gasteiger partial charge in [-0.05, 0) is 67.4 Å². The van der Waals surface area contributed by atoms with Gasteiger partial charge in [0.1, 0.15) is 11.9 Å². The number of likely N-dealkylation sites (N-methyl/N-ethyl adjacent to an activating group) is 1. The summed E-state index contributed by atoms with van der Waals surface area (Å²) in [7, 11) is 1.70. The van der Waals surface area contributed by atoms with Crippen LogP contribution in [0, 0.1) is 18.7 Å². The highest BCUT2D eigenvalue weighted by molar-refractivity contribution is 6.03. The summed E-state index contributed by atoms with van der Waals surface area (Å²) in [6, 6.07) is 20.3. The van der Waals surface area contributed by atoms with Crippen LogP contribution < -0.4 is 20.9 Å². The fourth-order valence-corrected chi connectivity index (χ4v) is 5.74. The molecule has 2 aliphatic rings. The van der Waals surface area contributed by atoms with Crippen molar-refractivity contribution in [2.24, 2.45) is 5.92 Å². The van der Waals surface area contributed by atoms with Crippen molar-refractivity contribution in [3.8, 4) is 0 Å². The number of halogens is 2. The molecule has 0 spiro atoms. The van der Waals surface area contributed by atoms with Crippen molar-refractivity contribution in [3.05, 3.63) is 125 Å². The molecule has 0 radical (unpaired) electrons.